The van der Waals surface area contributed by atoms with Gasteiger partial charge in [0, 0.05) is 24.3 Å². The van der Waals surface area contributed by atoms with Crippen LogP contribution in [0.3, 0.4) is 0 Å². The third-order valence-electron chi connectivity index (χ3n) is 2.44. The first-order chi connectivity index (χ1) is 9.72. The van der Waals surface area contributed by atoms with Crippen molar-refractivity contribution in [3.05, 3.63) is 29.1 Å². The fraction of sp³-hybridized carbons (Fsp3) is 0.250. The number of thioether (sulfide) groups is 1. The van der Waals surface area contributed by atoms with Gasteiger partial charge in [0.05, 0.1) is 4.88 Å². The van der Waals surface area contributed by atoms with Crippen LogP contribution in [0.2, 0.25) is 0 Å². The first-order valence-electron chi connectivity index (χ1n) is 5.85. The van der Waals surface area contributed by atoms with Crippen LogP contribution in [0.1, 0.15) is 6.42 Å². The molecule has 0 fully saturated rings. The van der Waals surface area contributed by atoms with Gasteiger partial charge in [0.15, 0.2) is 11.0 Å². The molecule has 20 heavy (non-hydrogen) atoms. The van der Waals surface area contributed by atoms with Crippen LogP contribution in [0, 0.1) is 0 Å². The van der Waals surface area contributed by atoms with E-state index in [4.69, 9.17) is 17.3 Å². The number of halogens is 1. The topological polar surface area (TPSA) is 73.8 Å². The molecule has 2 aromatic heterocycles. The van der Waals surface area contributed by atoms with Gasteiger partial charge >= 0.3 is 0 Å². The summed E-state index contributed by atoms with van der Waals surface area (Å²) in [5, 5.41) is 11.1. The fourth-order valence-corrected chi connectivity index (χ4v) is 3.25. The Hall–Kier alpha value is -1.31. The van der Waals surface area contributed by atoms with E-state index in [9.17, 15) is 4.79 Å². The molecule has 8 heteroatoms. The molecule has 0 atom stereocenters. The Morgan fingerprint density at radius 3 is 3.05 bits per heavy atom. The van der Waals surface area contributed by atoms with E-state index in [-0.39, 0.29) is 12.3 Å². The highest BCUT2D eigenvalue weighted by atomic mass is 35.5. The average Bonchev–Trinajstić information content (AvgIpc) is 3.05. The molecule has 0 aliphatic rings. The summed E-state index contributed by atoms with van der Waals surface area (Å²) in [4.78, 5) is 12.0. The van der Waals surface area contributed by atoms with Crippen molar-refractivity contribution in [2.24, 2.45) is 5.73 Å². The van der Waals surface area contributed by atoms with E-state index in [0.717, 1.165) is 15.9 Å². The molecule has 0 radical (unpaired) electrons. The van der Waals surface area contributed by atoms with Gasteiger partial charge < -0.3 is 10.3 Å². The largest absolute Gasteiger partial charge is 0.370 e. The minimum Gasteiger partial charge on any atom is -0.370 e. The Morgan fingerprint density at radius 1 is 1.55 bits per heavy atom. The number of aromatic nitrogens is 3. The number of hydrogen-bond donors (Lipinski definition) is 1. The second-order valence-corrected chi connectivity index (χ2v) is 6.01. The van der Waals surface area contributed by atoms with Crippen molar-refractivity contribution < 1.29 is 4.79 Å². The number of rotatable bonds is 7. The minimum atomic E-state index is -0.340. The molecule has 106 valence electrons. The van der Waals surface area contributed by atoms with Gasteiger partial charge in [-0.05, 0) is 11.4 Å². The van der Waals surface area contributed by atoms with Crippen molar-refractivity contribution in [1.82, 2.24) is 14.8 Å². The zero-order chi connectivity index (χ0) is 14.4. The fourth-order valence-electron chi connectivity index (χ4n) is 1.57. The summed E-state index contributed by atoms with van der Waals surface area (Å²) in [5.41, 5.74) is 6.69. The molecule has 2 aromatic rings. The molecule has 0 aliphatic carbocycles. The van der Waals surface area contributed by atoms with E-state index in [0.29, 0.717) is 12.3 Å². The van der Waals surface area contributed by atoms with Crippen LogP contribution in [0.15, 0.2) is 34.3 Å². The molecule has 2 rings (SSSR count). The van der Waals surface area contributed by atoms with Gasteiger partial charge in [0.1, 0.15) is 0 Å². The molecule has 0 bridgehead atoms. The van der Waals surface area contributed by atoms with Gasteiger partial charge in [-0.1, -0.05) is 35.5 Å². The maximum Gasteiger partial charge on any atom is 0.219 e. The smallest absolute Gasteiger partial charge is 0.219 e. The molecular weight excluding hydrogens is 316 g/mol. The third-order valence-corrected chi connectivity index (χ3v) is 4.40. The van der Waals surface area contributed by atoms with Gasteiger partial charge in [0.25, 0.3) is 0 Å². The Labute approximate surface area is 129 Å². The van der Waals surface area contributed by atoms with E-state index in [1.54, 1.807) is 11.3 Å². The number of nitrogens with two attached hydrogens (primary N) is 1. The summed E-state index contributed by atoms with van der Waals surface area (Å²) in [7, 11) is 0. The Kier molecular flexibility index (Phi) is 5.63. The molecule has 1 amide bonds. The van der Waals surface area contributed by atoms with Crippen molar-refractivity contribution in [2.75, 3.05) is 5.75 Å². The van der Waals surface area contributed by atoms with Gasteiger partial charge in [0.2, 0.25) is 5.91 Å². The van der Waals surface area contributed by atoms with E-state index in [2.05, 4.69) is 10.2 Å². The maximum absolute atomic E-state index is 11.0. The van der Waals surface area contributed by atoms with E-state index in [1.165, 1.54) is 17.3 Å². The Morgan fingerprint density at radius 2 is 2.40 bits per heavy atom. The lowest BCUT2D eigenvalue weighted by Gasteiger charge is -2.07. The molecule has 0 spiro atoms. The number of carbonyl (C=O) groups excluding carboxylic acids is 1. The highest BCUT2D eigenvalue weighted by Gasteiger charge is 2.15. The molecule has 0 saturated heterocycles. The van der Waals surface area contributed by atoms with Crippen LogP contribution in [0.4, 0.5) is 0 Å². The number of primary amides is 1. The van der Waals surface area contributed by atoms with Crippen molar-refractivity contribution in [1.29, 1.82) is 0 Å². The summed E-state index contributed by atoms with van der Waals surface area (Å²) >= 11 is 8.59. The van der Waals surface area contributed by atoms with E-state index < -0.39 is 0 Å². The molecule has 2 N–H and O–H groups in total. The lowest BCUT2D eigenvalue weighted by molar-refractivity contribution is -0.118. The molecule has 2 heterocycles. The summed E-state index contributed by atoms with van der Waals surface area (Å²) in [6, 6.07) is 3.93. The van der Waals surface area contributed by atoms with Crippen LogP contribution in [0.5, 0.6) is 0 Å². The SMILES string of the molecule is NC(=O)CCn1c(SCC=CCl)nnc1-c1cccs1. The number of thiophene rings is 1. The summed E-state index contributed by atoms with van der Waals surface area (Å²) in [6.07, 6.45) is 2.08. The molecule has 0 unspecified atom stereocenters. The number of amides is 1. The highest BCUT2D eigenvalue weighted by Crippen LogP contribution is 2.27. The zero-order valence-corrected chi connectivity index (χ0v) is 12.9. The predicted molar refractivity (Wildman–Crippen MR) is 82.9 cm³/mol. The summed E-state index contributed by atoms with van der Waals surface area (Å²) in [6.45, 7) is 0.475. The van der Waals surface area contributed by atoms with Crippen molar-refractivity contribution in [3.63, 3.8) is 0 Å². The van der Waals surface area contributed by atoms with Crippen LogP contribution in [-0.4, -0.2) is 26.4 Å². The lowest BCUT2D eigenvalue weighted by atomic mass is 10.4. The molecule has 0 saturated carbocycles. The molecule has 0 aliphatic heterocycles. The quantitative estimate of drug-likeness (QED) is 0.793. The predicted octanol–water partition coefficient (Wildman–Crippen LogP) is 2.73. The standard InChI is InChI=1S/C12H13ClN4OS2/c13-5-2-8-20-12-16-15-11(9-3-1-7-19-9)17(12)6-4-10(14)18/h1-3,5,7H,4,6,8H2,(H2,14,18). The number of nitrogens with zero attached hydrogens (tertiary/aromatic N) is 3. The average molecular weight is 329 g/mol. The number of carbonyl (C=O) groups is 1. The second-order valence-electron chi connectivity index (χ2n) is 3.82. The normalized spacial score (nSPS) is 11.2. The highest BCUT2D eigenvalue weighted by molar-refractivity contribution is 7.99. The molecular formula is C12H13ClN4OS2. The second kappa shape index (κ2) is 7.47. The third kappa shape index (κ3) is 3.84. The maximum atomic E-state index is 11.0. The van der Waals surface area contributed by atoms with Gasteiger partial charge in [-0.3, -0.25) is 4.79 Å². The van der Waals surface area contributed by atoms with Gasteiger partial charge in [-0.25, -0.2) is 0 Å². The van der Waals surface area contributed by atoms with Gasteiger partial charge in [-0.15, -0.1) is 21.5 Å². The van der Waals surface area contributed by atoms with Crippen LogP contribution >= 0.6 is 34.7 Å². The Balaban J connectivity index is 2.24. The zero-order valence-electron chi connectivity index (χ0n) is 10.5. The number of hydrogen-bond acceptors (Lipinski definition) is 5. The molecule has 0 aromatic carbocycles. The van der Waals surface area contributed by atoms with Crippen LogP contribution in [0.25, 0.3) is 10.7 Å². The van der Waals surface area contributed by atoms with E-state index in [1.807, 2.05) is 28.2 Å². The van der Waals surface area contributed by atoms with Crippen LogP contribution in [-0.2, 0) is 11.3 Å². The lowest BCUT2D eigenvalue weighted by Crippen LogP contribution is -2.14. The summed E-state index contributed by atoms with van der Waals surface area (Å²) in [5.74, 6) is 1.12. The van der Waals surface area contributed by atoms with Gasteiger partial charge in [-0.2, -0.15) is 0 Å². The molecule has 5 nitrogen and oxygen atoms in total. The van der Waals surface area contributed by atoms with Crippen LogP contribution < -0.4 is 5.73 Å². The first-order valence-corrected chi connectivity index (χ1v) is 8.16. The van der Waals surface area contributed by atoms with Crippen molar-refractivity contribution in [3.8, 4) is 10.7 Å². The van der Waals surface area contributed by atoms with E-state index >= 15 is 0 Å². The Bertz CT molecular complexity index is 595. The summed E-state index contributed by atoms with van der Waals surface area (Å²) < 4.78 is 1.92. The van der Waals surface area contributed by atoms with Crippen molar-refractivity contribution in [2.45, 2.75) is 18.1 Å². The monoisotopic (exact) mass is 328 g/mol. The first kappa shape index (κ1) is 15.1. The van der Waals surface area contributed by atoms with Crippen molar-refractivity contribution >= 4 is 40.6 Å². The minimum absolute atomic E-state index is 0.259.